The quantitative estimate of drug-likeness (QED) is 0.395. The summed E-state index contributed by atoms with van der Waals surface area (Å²) < 4.78 is 98.7. The molecule has 0 spiro atoms. The van der Waals surface area contributed by atoms with E-state index in [1.807, 2.05) is 0 Å². The highest BCUT2D eigenvalue weighted by atomic mass is 35.5. The molecule has 5 nitrogen and oxygen atoms in total. The maximum Gasteiger partial charge on any atom is 0.573 e. The molecule has 0 saturated carbocycles. The Labute approximate surface area is 185 Å². The average Bonchev–Trinajstić information content (AvgIpc) is 2.68. The normalized spacial score (nSPS) is 11.8. The fraction of sp³-hybridized carbons (Fsp3) is 0.100. The van der Waals surface area contributed by atoms with Gasteiger partial charge in [0.05, 0.1) is 10.6 Å². The summed E-state index contributed by atoms with van der Waals surface area (Å²) in [6, 6.07) is 7.55. The van der Waals surface area contributed by atoms with Crippen LogP contribution in [0.25, 0.3) is 0 Å². The molecule has 13 heteroatoms. The number of pyridine rings is 1. The van der Waals surface area contributed by atoms with Crippen LogP contribution in [0.2, 0.25) is 5.02 Å². The Bertz CT molecular complexity index is 1180. The van der Waals surface area contributed by atoms with Crippen LogP contribution in [0, 0.1) is 5.82 Å². The van der Waals surface area contributed by atoms with E-state index in [2.05, 4.69) is 15.0 Å². The Balaban J connectivity index is 1.95. The van der Waals surface area contributed by atoms with Crippen molar-refractivity contribution in [2.45, 2.75) is 12.5 Å². The summed E-state index contributed by atoms with van der Waals surface area (Å²) in [4.78, 5) is 16.1. The molecule has 0 unspecified atom stereocenters. The zero-order valence-electron chi connectivity index (χ0n) is 15.9. The topological polar surface area (TPSA) is 60.5 Å². The Kier molecular flexibility index (Phi) is 6.68. The van der Waals surface area contributed by atoms with Gasteiger partial charge in [-0.15, -0.1) is 13.2 Å². The first-order valence-electron chi connectivity index (χ1n) is 8.69. The van der Waals surface area contributed by atoms with E-state index in [1.54, 1.807) is 0 Å². The van der Waals surface area contributed by atoms with Gasteiger partial charge in [-0.3, -0.25) is 4.79 Å². The summed E-state index contributed by atoms with van der Waals surface area (Å²) >= 11 is 5.87. The molecule has 0 fully saturated rings. The van der Waals surface area contributed by atoms with Crippen LogP contribution in [0.5, 0.6) is 17.4 Å². The summed E-state index contributed by atoms with van der Waals surface area (Å²) in [6.07, 6.45) is -9.44. The molecule has 1 amide bonds. The SMILES string of the molecule is O=C(Nc1cccc(F)c1)c1cc(C(F)(F)F)cnc1Oc1ccc(OC(F)(F)F)cc1Cl. The van der Waals surface area contributed by atoms with E-state index in [0.717, 1.165) is 30.3 Å². The minimum atomic E-state index is -4.98. The number of halogens is 8. The van der Waals surface area contributed by atoms with Crippen molar-refractivity contribution in [2.75, 3.05) is 5.32 Å². The molecule has 2 aromatic carbocycles. The Hall–Kier alpha value is -3.54. The predicted octanol–water partition coefficient (Wildman–Crippen LogP) is 6.84. The monoisotopic (exact) mass is 494 g/mol. The van der Waals surface area contributed by atoms with Gasteiger partial charge in [0, 0.05) is 18.0 Å². The third kappa shape index (κ3) is 6.48. The van der Waals surface area contributed by atoms with Gasteiger partial charge >= 0.3 is 12.5 Å². The number of benzene rings is 2. The van der Waals surface area contributed by atoms with E-state index in [9.17, 15) is 35.5 Å². The average molecular weight is 495 g/mol. The summed E-state index contributed by atoms with van der Waals surface area (Å²) in [5, 5.41) is 1.80. The minimum Gasteiger partial charge on any atom is -0.437 e. The number of amides is 1. The van der Waals surface area contributed by atoms with E-state index in [0.29, 0.717) is 12.3 Å². The Morgan fingerprint density at radius 1 is 1.00 bits per heavy atom. The van der Waals surface area contributed by atoms with Gasteiger partial charge in [-0.25, -0.2) is 9.37 Å². The summed E-state index contributed by atoms with van der Waals surface area (Å²) in [6.45, 7) is 0. The molecule has 0 atom stereocenters. The van der Waals surface area contributed by atoms with E-state index in [1.165, 1.54) is 12.1 Å². The first-order valence-corrected chi connectivity index (χ1v) is 9.07. The highest BCUT2D eigenvalue weighted by Gasteiger charge is 2.33. The number of aromatic nitrogens is 1. The molecule has 1 aromatic heterocycles. The second-order valence-corrected chi connectivity index (χ2v) is 6.69. The third-order valence-electron chi connectivity index (χ3n) is 3.85. The standard InChI is InChI=1S/C20H10ClF7N2O3/c21-15-8-13(33-20(26,27)28)4-5-16(15)32-18-14(6-10(9-29-18)19(23,24)25)17(31)30-12-3-1-2-11(22)7-12/h1-9H,(H,30,31). The van der Waals surface area contributed by atoms with Gasteiger partial charge in [-0.1, -0.05) is 17.7 Å². The molecular formula is C20H10ClF7N2O3. The van der Waals surface area contributed by atoms with E-state index >= 15 is 0 Å². The van der Waals surface area contributed by atoms with Crippen molar-refractivity contribution in [1.82, 2.24) is 4.98 Å². The first-order chi connectivity index (χ1) is 15.3. The lowest BCUT2D eigenvalue weighted by Gasteiger charge is -2.15. The fourth-order valence-corrected chi connectivity index (χ4v) is 2.69. The number of hydrogen-bond acceptors (Lipinski definition) is 4. The molecule has 1 heterocycles. The van der Waals surface area contributed by atoms with Crippen LogP contribution in [0.3, 0.4) is 0 Å². The molecule has 3 rings (SSSR count). The van der Waals surface area contributed by atoms with Crippen LogP contribution in [-0.2, 0) is 6.18 Å². The number of ether oxygens (including phenoxy) is 2. The molecule has 0 aliphatic rings. The largest absolute Gasteiger partial charge is 0.573 e. The maximum atomic E-state index is 13.4. The lowest BCUT2D eigenvalue weighted by atomic mass is 10.1. The van der Waals surface area contributed by atoms with Gasteiger partial charge < -0.3 is 14.8 Å². The van der Waals surface area contributed by atoms with Crippen molar-refractivity contribution < 1.29 is 45.0 Å². The van der Waals surface area contributed by atoms with Gasteiger partial charge in [-0.05, 0) is 36.4 Å². The van der Waals surface area contributed by atoms with E-state index < -0.39 is 52.0 Å². The van der Waals surface area contributed by atoms with Crippen LogP contribution in [0.15, 0.2) is 54.7 Å². The molecule has 174 valence electrons. The Morgan fingerprint density at radius 3 is 2.33 bits per heavy atom. The molecule has 3 aromatic rings. The van der Waals surface area contributed by atoms with Crippen molar-refractivity contribution in [1.29, 1.82) is 0 Å². The number of alkyl halides is 6. The summed E-state index contributed by atoms with van der Waals surface area (Å²) in [5.41, 5.74) is -2.03. The number of nitrogens with one attached hydrogen (secondary N) is 1. The zero-order chi connectivity index (χ0) is 24.4. The fourth-order valence-electron chi connectivity index (χ4n) is 2.48. The number of carbonyl (C=O) groups excluding carboxylic acids is 1. The zero-order valence-corrected chi connectivity index (χ0v) is 16.6. The number of carbonyl (C=O) groups is 1. The van der Waals surface area contributed by atoms with Gasteiger partial charge in [0.25, 0.3) is 5.91 Å². The lowest BCUT2D eigenvalue weighted by molar-refractivity contribution is -0.274. The van der Waals surface area contributed by atoms with Crippen molar-refractivity contribution in [2.24, 2.45) is 0 Å². The van der Waals surface area contributed by atoms with Gasteiger partial charge in [0.1, 0.15) is 22.9 Å². The second-order valence-electron chi connectivity index (χ2n) is 6.28. The van der Waals surface area contributed by atoms with Crippen molar-refractivity contribution >= 4 is 23.2 Å². The predicted molar refractivity (Wildman–Crippen MR) is 102 cm³/mol. The number of anilines is 1. The van der Waals surface area contributed by atoms with Crippen molar-refractivity contribution in [3.05, 3.63) is 76.7 Å². The highest BCUT2D eigenvalue weighted by Crippen LogP contribution is 2.37. The van der Waals surface area contributed by atoms with Crippen LogP contribution in [0.1, 0.15) is 15.9 Å². The number of hydrogen-bond donors (Lipinski definition) is 1. The van der Waals surface area contributed by atoms with Crippen LogP contribution in [-0.4, -0.2) is 17.3 Å². The van der Waals surface area contributed by atoms with E-state index in [4.69, 9.17) is 16.3 Å². The van der Waals surface area contributed by atoms with Crippen LogP contribution in [0.4, 0.5) is 36.4 Å². The van der Waals surface area contributed by atoms with Gasteiger partial charge in [0.2, 0.25) is 5.88 Å². The Morgan fingerprint density at radius 2 is 1.73 bits per heavy atom. The number of nitrogens with zero attached hydrogens (tertiary/aromatic N) is 1. The van der Waals surface area contributed by atoms with Crippen LogP contribution >= 0.6 is 11.6 Å². The summed E-state index contributed by atoms with van der Waals surface area (Å²) in [7, 11) is 0. The molecule has 0 aliphatic heterocycles. The smallest absolute Gasteiger partial charge is 0.437 e. The molecule has 0 aliphatic carbocycles. The van der Waals surface area contributed by atoms with Crippen LogP contribution < -0.4 is 14.8 Å². The van der Waals surface area contributed by atoms with E-state index in [-0.39, 0.29) is 11.4 Å². The van der Waals surface area contributed by atoms with Crippen molar-refractivity contribution in [3.8, 4) is 17.4 Å². The number of rotatable bonds is 5. The maximum absolute atomic E-state index is 13.4. The molecule has 0 bridgehead atoms. The molecule has 0 saturated heterocycles. The molecular weight excluding hydrogens is 485 g/mol. The third-order valence-corrected chi connectivity index (χ3v) is 4.14. The second kappa shape index (κ2) is 9.14. The van der Waals surface area contributed by atoms with Crippen molar-refractivity contribution in [3.63, 3.8) is 0 Å². The molecule has 0 radical (unpaired) electrons. The molecule has 1 N–H and O–H groups in total. The molecule has 33 heavy (non-hydrogen) atoms. The highest BCUT2D eigenvalue weighted by molar-refractivity contribution is 6.32. The minimum absolute atomic E-state index is 0.0601. The summed E-state index contributed by atoms with van der Waals surface area (Å²) in [5.74, 6) is -3.47. The lowest BCUT2D eigenvalue weighted by Crippen LogP contribution is -2.17. The first kappa shape index (κ1) is 24.1. The van der Waals surface area contributed by atoms with Gasteiger partial charge in [-0.2, -0.15) is 13.2 Å². The van der Waals surface area contributed by atoms with Gasteiger partial charge in [0.15, 0.2) is 0 Å².